The molecule has 2 nitrogen and oxygen atoms in total. The predicted octanol–water partition coefficient (Wildman–Crippen LogP) is 0.772. The van der Waals surface area contributed by atoms with Crippen LogP contribution in [0.1, 0.15) is 12.8 Å². The zero-order chi connectivity index (χ0) is 7.30. The van der Waals surface area contributed by atoms with E-state index < -0.39 is 0 Å². The van der Waals surface area contributed by atoms with Crippen LogP contribution in [0.2, 0.25) is 0 Å². The molecular formula is C7H7ClO2. The maximum atomic E-state index is 10.9. The third-order valence-electron chi connectivity index (χ3n) is 2.47. The topological polar surface area (TPSA) is 34.1 Å². The van der Waals surface area contributed by atoms with Crippen LogP contribution in [0.5, 0.6) is 0 Å². The molecule has 0 aromatic heterocycles. The van der Waals surface area contributed by atoms with Crippen LogP contribution in [0.15, 0.2) is 0 Å². The molecule has 2 unspecified atom stereocenters. The average Bonchev–Trinajstić information content (AvgIpc) is 2.34. The first kappa shape index (κ1) is 6.35. The van der Waals surface area contributed by atoms with Crippen LogP contribution in [-0.4, -0.2) is 16.9 Å². The Balaban J connectivity index is 2.38. The summed E-state index contributed by atoms with van der Waals surface area (Å²) in [7, 11) is 0. The maximum absolute atomic E-state index is 10.9. The van der Waals surface area contributed by atoms with E-state index in [-0.39, 0.29) is 28.8 Å². The quantitative estimate of drug-likeness (QED) is 0.386. The Morgan fingerprint density at radius 2 is 1.50 bits per heavy atom. The maximum Gasteiger partial charge on any atom is 0.203 e. The van der Waals surface area contributed by atoms with Gasteiger partial charge in [0.15, 0.2) is 0 Å². The van der Waals surface area contributed by atoms with Gasteiger partial charge in [0.25, 0.3) is 0 Å². The summed E-state index contributed by atoms with van der Waals surface area (Å²) in [4.78, 5) is 21.9. The highest BCUT2D eigenvalue weighted by molar-refractivity contribution is 6.46. The Morgan fingerprint density at radius 1 is 1.10 bits per heavy atom. The van der Waals surface area contributed by atoms with Crippen molar-refractivity contribution >= 4 is 23.2 Å². The van der Waals surface area contributed by atoms with Gasteiger partial charge in [-0.15, -0.1) is 11.6 Å². The standard InChI is InChI=1S/C7H7ClO2/c8-5-3-1-2-4(5)7(10)6(3)9/h3-5H,1-2H2. The molecular weight excluding hydrogens is 152 g/mol. The molecule has 2 rings (SSSR count). The lowest BCUT2D eigenvalue weighted by Crippen LogP contribution is -2.20. The van der Waals surface area contributed by atoms with E-state index >= 15 is 0 Å². The van der Waals surface area contributed by atoms with Gasteiger partial charge in [0, 0.05) is 11.8 Å². The molecule has 0 aromatic carbocycles. The Bertz CT molecular complexity index is 190. The van der Waals surface area contributed by atoms with E-state index in [0.717, 1.165) is 12.8 Å². The van der Waals surface area contributed by atoms with Crippen LogP contribution in [0, 0.1) is 11.8 Å². The number of carbonyl (C=O) groups excluding carboxylic acids is 2. The number of halogens is 1. The summed E-state index contributed by atoms with van der Waals surface area (Å²) in [5, 5.41) is -0.181. The Hall–Kier alpha value is -0.370. The van der Waals surface area contributed by atoms with Crippen LogP contribution in [0.3, 0.4) is 0 Å². The van der Waals surface area contributed by atoms with Gasteiger partial charge in [0.2, 0.25) is 11.6 Å². The van der Waals surface area contributed by atoms with E-state index in [1.807, 2.05) is 0 Å². The molecule has 0 saturated heterocycles. The number of carbonyl (C=O) groups is 2. The van der Waals surface area contributed by atoms with E-state index in [2.05, 4.69) is 0 Å². The Kier molecular flexibility index (Phi) is 1.15. The first-order chi connectivity index (χ1) is 4.72. The van der Waals surface area contributed by atoms with Gasteiger partial charge in [0.1, 0.15) is 0 Å². The molecule has 0 heterocycles. The number of alkyl halides is 1. The second-order valence-corrected chi connectivity index (χ2v) is 3.47. The van der Waals surface area contributed by atoms with Crippen molar-refractivity contribution < 1.29 is 9.59 Å². The van der Waals surface area contributed by atoms with Crippen molar-refractivity contribution in [3.8, 4) is 0 Å². The fraction of sp³-hybridized carbons (Fsp3) is 0.714. The van der Waals surface area contributed by atoms with E-state index in [9.17, 15) is 9.59 Å². The second-order valence-electron chi connectivity index (χ2n) is 2.96. The van der Waals surface area contributed by atoms with Gasteiger partial charge >= 0.3 is 0 Å². The highest BCUT2D eigenvalue weighted by atomic mass is 35.5. The molecule has 2 saturated carbocycles. The molecule has 0 radical (unpaired) electrons. The first-order valence-corrected chi connectivity index (χ1v) is 3.87. The summed E-state index contributed by atoms with van der Waals surface area (Å²) >= 11 is 5.82. The van der Waals surface area contributed by atoms with Gasteiger partial charge in [-0.2, -0.15) is 0 Å². The molecule has 2 fully saturated rings. The average molecular weight is 159 g/mol. The third-order valence-corrected chi connectivity index (χ3v) is 3.08. The van der Waals surface area contributed by atoms with Gasteiger partial charge in [-0.25, -0.2) is 0 Å². The van der Waals surface area contributed by atoms with Gasteiger partial charge in [0.05, 0.1) is 5.38 Å². The van der Waals surface area contributed by atoms with Crippen molar-refractivity contribution in [2.24, 2.45) is 11.8 Å². The van der Waals surface area contributed by atoms with Gasteiger partial charge in [-0.1, -0.05) is 0 Å². The smallest absolute Gasteiger partial charge is 0.203 e. The molecule has 10 heavy (non-hydrogen) atoms. The zero-order valence-electron chi connectivity index (χ0n) is 5.34. The Labute approximate surface area is 63.5 Å². The monoisotopic (exact) mass is 158 g/mol. The van der Waals surface area contributed by atoms with Gasteiger partial charge < -0.3 is 0 Å². The molecule has 0 aliphatic heterocycles. The van der Waals surface area contributed by atoms with Crippen molar-refractivity contribution in [1.29, 1.82) is 0 Å². The molecule has 0 amide bonds. The first-order valence-electron chi connectivity index (χ1n) is 3.44. The van der Waals surface area contributed by atoms with Crippen LogP contribution in [0.4, 0.5) is 0 Å². The molecule has 2 aliphatic rings. The van der Waals surface area contributed by atoms with Gasteiger partial charge in [-0.05, 0) is 12.8 Å². The molecule has 0 N–H and O–H groups in total. The van der Waals surface area contributed by atoms with Crippen molar-refractivity contribution in [2.45, 2.75) is 18.2 Å². The van der Waals surface area contributed by atoms with Crippen LogP contribution in [0.25, 0.3) is 0 Å². The summed E-state index contributed by atoms with van der Waals surface area (Å²) in [6, 6.07) is 0. The fourth-order valence-electron chi connectivity index (χ4n) is 1.87. The number of ketones is 2. The minimum absolute atomic E-state index is 0.140. The highest BCUT2D eigenvalue weighted by Crippen LogP contribution is 2.43. The predicted molar refractivity (Wildman–Crippen MR) is 35.9 cm³/mol. The molecule has 54 valence electrons. The lowest BCUT2D eigenvalue weighted by molar-refractivity contribution is -0.138. The molecule has 2 bridgehead atoms. The normalized spacial score (nSPS) is 45.1. The van der Waals surface area contributed by atoms with Crippen molar-refractivity contribution in [1.82, 2.24) is 0 Å². The summed E-state index contributed by atoms with van der Waals surface area (Å²) in [5.41, 5.74) is 0. The molecule has 0 aromatic rings. The molecule has 2 atom stereocenters. The third kappa shape index (κ3) is 0.553. The summed E-state index contributed by atoms with van der Waals surface area (Å²) in [6.07, 6.45) is 1.65. The van der Waals surface area contributed by atoms with E-state index in [1.54, 1.807) is 0 Å². The van der Waals surface area contributed by atoms with E-state index in [4.69, 9.17) is 11.6 Å². The summed E-state index contributed by atoms with van der Waals surface area (Å²) in [5.74, 6) is -0.731. The van der Waals surface area contributed by atoms with E-state index in [0.29, 0.717) is 0 Å². The number of fused-ring (bicyclic) bond motifs is 2. The number of rotatable bonds is 0. The van der Waals surface area contributed by atoms with Crippen molar-refractivity contribution in [3.05, 3.63) is 0 Å². The fourth-order valence-corrected chi connectivity index (χ4v) is 2.36. The minimum atomic E-state index is -0.226. The lowest BCUT2D eigenvalue weighted by atomic mass is 9.98. The highest BCUT2D eigenvalue weighted by Gasteiger charge is 2.52. The van der Waals surface area contributed by atoms with Crippen LogP contribution >= 0.6 is 11.6 Å². The minimum Gasteiger partial charge on any atom is -0.291 e. The number of hydrogen-bond donors (Lipinski definition) is 0. The van der Waals surface area contributed by atoms with E-state index in [1.165, 1.54) is 0 Å². The summed E-state index contributed by atoms with van der Waals surface area (Å²) < 4.78 is 0. The Morgan fingerprint density at radius 3 is 1.70 bits per heavy atom. The van der Waals surface area contributed by atoms with Gasteiger partial charge in [-0.3, -0.25) is 9.59 Å². The van der Waals surface area contributed by atoms with Crippen LogP contribution < -0.4 is 0 Å². The SMILES string of the molecule is O=C1C(=O)C2CCC1C2Cl. The van der Waals surface area contributed by atoms with Crippen molar-refractivity contribution in [2.75, 3.05) is 0 Å². The molecule has 2 aliphatic carbocycles. The van der Waals surface area contributed by atoms with Crippen LogP contribution in [-0.2, 0) is 9.59 Å². The second kappa shape index (κ2) is 1.82. The lowest BCUT2D eigenvalue weighted by Gasteiger charge is -2.03. The number of Topliss-reactive ketones (excluding diaryl/α,β-unsaturated/α-hetero) is 2. The molecule has 3 heteroatoms. The van der Waals surface area contributed by atoms with Crippen molar-refractivity contribution in [3.63, 3.8) is 0 Å². The number of hydrogen-bond acceptors (Lipinski definition) is 2. The largest absolute Gasteiger partial charge is 0.291 e. The summed E-state index contributed by atoms with van der Waals surface area (Å²) in [6.45, 7) is 0. The zero-order valence-corrected chi connectivity index (χ0v) is 6.10. The molecule has 0 spiro atoms.